The standard InChI is InChI=1S/C34H34O4/c1-24(26-8-4-2-5-9-26)22-32(27-10-6-3-7-11-27)23-31(28-18-20-30(21-19-28)34(37)38)17-14-25-12-15-29(16-13-25)33(35)36/h2-13,15-16,18-21,24,31-32H,14,17,22-23H2,1H3,(H,35,36)(H,37,38). The smallest absolute Gasteiger partial charge is 0.335 e. The molecule has 194 valence electrons. The summed E-state index contributed by atoms with van der Waals surface area (Å²) < 4.78 is 0. The predicted octanol–water partition coefficient (Wildman–Crippen LogP) is 8.17. The minimum Gasteiger partial charge on any atom is -0.478 e. The molecule has 3 unspecified atom stereocenters. The fraction of sp³-hybridized carbons (Fsp3) is 0.235. The first kappa shape index (κ1) is 26.9. The summed E-state index contributed by atoms with van der Waals surface area (Å²) in [5.41, 5.74) is 5.44. The van der Waals surface area contributed by atoms with E-state index < -0.39 is 11.9 Å². The third-order valence-electron chi connectivity index (χ3n) is 7.46. The highest BCUT2D eigenvalue weighted by molar-refractivity contribution is 5.88. The summed E-state index contributed by atoms with van der Waals surface area (Å²) in [5.74, 6) is -0.924. The number of carboxylic acids is 2. The summed E-state index contributed by atoms with van der Waals surface area (Å²) in [6, 6.07) is 35.6. The average Bonchev–Trinajstić information content (AvgIpc) is 2.95. The van der Waals surface area contributed by atoms with Gasteiger partial charge in [-0.15, -0.1) is 0 Å². The van der Waals surface area contributed by atoms with Crippen molar-refractivity contribution in [2.24, 2.45) is 0 Å². The third-order valence-corrected chi connectivity index (χ3v) is 7.46. The molecule has 0 saturated heterocycles. The van der Waals surface area contributed by atoms with E-state index in [4.69, 9.17) is 0 Å². The molecule has 4 aromatic rings. The van der Waals surface area contributed by atoms with E-state index in [1.54, 1.807) is 24.3 Å². The highest BCUT2D eigenvalue weighted by atomic mass is 16.4. The first-order valence-electron chi connectivity index (χ1n) is 13.2. The Hall–Kier alpha value is -4.18. The van der Waals surface area contributed by atoms with E-state index in [2.05, 4.69) is 55.5 Å². The summed E-state index contributed by atoms with van der Waals surface area (Å²) in [6.45, 7) is 2.28. The largest absolute Gasteiger partial charge is 0.478 e. The van der Waals surface area contributed by atoms with Crippen LogP contribution in [0.1, 0.15) is 86.9 Å². The Balaban J connectivity index is 1.60. The molecule has 38 heavy (non-hydrogen) atoms. The van der Waals surface area contributed by atoms with Crippen LogP contribution >= 0.6 is 0 Å². The maximum atomic E-state index is 11.4. The second-order valence-corrected chi connectivity index (χ2v) is 10.1. The highest BCUT2D eigenvalue weighted by Gasteiger charge is 2.23. The molecule has 4 rings (SSSR count). The Morgan fingerprint density at radius 2 is 1.05 bits per heavy atom. The summed E-state index contributed by atoms with van der Waals surface area (Å²) in [4.78, 5) is 22.7. The average molecular weight is 507 g/mol. The van der Waals surface area contributed by atoms with Gasteiger partial charge in [0.2, 0.25) is 0 Å². The van der Waals surface area contributed by atoms with E-state index >= 15 is 0 Å². The van der Waals surface area contributed by atoms with Gasteiger partial charge in [-0.05, 0) is 90.0 Å². The minimum absolute atomic E-state index is 0.213. The Kier molecular flexibility index (Phi) is 9.10. The number of carbonyl (C=O) groups is 2. The van der Waals surface area contributed by atoms with Gasteiger partial charge in [0.25, 0.3) is 0 Å². The number of hydrogen-bond acceptors (Lipinski definition) is 2. The number of aromatic carboxylic acids is 2. The number of aryl methyl sites for hydroxylation is 1. The van der Waals surface area contributed by atoms with Crippen molar-refractivity contribution in [2.45, 2.75) is 50.4 Å². The zero-order valence-electron chi connectivity index (χ0n) is 21.7. The molecule has 0 amide bonds. The molecule has 0 heterocycles. The molecule has 0 aromatic heterocycles. The van der Waals surface area contributed by atoms with Crippen LogP contribution in [0.2, 0.25) is 0 Å². The van der Waals surface area contributed by atoms with Crippen molar-refractivity contribution in [1.29, 1.82) is 0 Å². The van der Waals surface area contributed by atoms with E-state index in [0.29, 0.717) is 11.8 Å². The van der Waals surface area contributed by atoms with Crippen molar-refractivity contribution < 1.29 is 19.8 Å². The van der Waals surface area contributed by atoms with Crippen molar-refractivity contribution in [3.8, 4) is 0 Å². The fourth-order valence-corrected chi connectivity index (χ4v) is 5.25. The molecule has 0 bridgehead atoms. The maximum Gasteiger partial charge on any atom is 0.335 e. The van der Waals surface area contributed by atoms with Gasteiger partial charge in [-0.25, -0.2) is 9.59 Å². The molecule has 0 aliphatic rings. The van der Waals surface area contributed by atoms with Gasteiger partial charge in [0.1, 0.15) is 0 Å². The minimum atomic E-state index is -0.925. The molecule has 0 radical (unpaired) electrons. The second-order valence-electron chi connectivity index (χ2n) is 10.1. The van der Waals surface area contributed by atoms with Crippen molar-refractivity contribution in [1.82, 2.24) is 0 Å². The van der Waals surface area contributed by atoms with E-state index in [0.717, 1.165) is 36.8 Å². The van der Waals surface area contributed by atoms with Crippen molar-refractivity contribution in [3.05, 3.63) is 143 Å². The summed E-state index contributed by atoms with van der Waals surface area (Å²) >= 11 is 0. The fourth-order valence-electron chi connectivity index (χ4n) is 5.25. The monoisotopic (exact) mass is 506 g/mol. The summed E-state index contributed by atoms with van der Waals surface area (Å²) in [5, 5.41) is 18.6. The van der Waals surface area contributed by atoms with Crippen LogP contribution in [0.25, 0.3) is 0 Å². The molecule has 3 atom stereocenters. The van der Waals surface area contributed by atoms with E-state index in [1.165, 1.54) is 11.1 Å². The Bertz CT molecular complexity index is 1310. The van der Waals surface area contributed by atoms with Crippen LogP contribution in [0.5, 0.6) is 0 Å². The van der Waals surface area contributed by atoms with Gasteiger partial charge >= 0.3 is 11.9 Å². The molecule has 2 N–H and O–H groups in total. The number of carboxylic acid groups (broad SMARTS) is 2. The third kappa shape index (κ3) is 7.19. The lowest BCUT2D eigenvalue weighted by atomic mass is 9.77. The van der Waals surface area contributed by atoms with Gasteiger partial charge in [0.15, 0.2) is 0 Å². The molecule has 4 aromatic carbocycles. The lowest BCUT2D eigenvalue weighted by molar-refractivity contribution is 0.0686. The molecular weight excluding hydrogens is 472 g/mol. The molecule has 0 saturated carbocycles. The first-order chi connectivity index (χ1) is 18.4. The van der Waals surface area contributed by atoms with Crippen LogP contribution in [-0.2, 0) is 6.42 Å². The van der Waals surface area contributed by atoms with Crippen molar-refractivity contribution in [3.63, 3.8) is 0 Å². The zero-order chi connectivity index (χ0) is 26.9. The topological polar surface area (TPSA) is 74.6 Å². The molecule has 4 heteroatoms. The van der Waals surface area contributed by atoms with E-state index in [1.807, 2.05) is 36.4 Å². The molecular formula is C34H34O4. The quantitative estimate of drug-likeness (QED) is 0.203. The zero-order valence-corrected chi connectivity index (χ0v) is 21.7. The van der Waals surface area contributed by atoms with Gasteiger partial charge in [-0.1, -0.05) is 91.9 Å². The van der Waals surface area contributed by atoms with Crippen LogP contribution in [0, 0.1) is 0 Å². The molecule has 0 aliphatic carbocycles. The summed E-state index contributed by atoms with van der Waals surface area (Å²) in [7, 11) is 0. The lowest BCUT2D eigenvalue weighted by Crippen LogP contribution is -2.11. The van der Waals surface area contributed by atoms with Gasteiger partial charge in [0, 0.05) is 0 Å². The van der Waals surface area contributed by atoms with E-state index in [9.17, 15) is 19.8 Å². The lowest BCUT2D eigenvalue weighted by Gasteiger charge is -2.27. The number of rotatable bonds is 12. The van der Waals surface area contributed by atoms with Crippen LogP contribution in [0.4, 0.5) is 0 Å². The molecule has 0 spiro atoms. The van der Waals surface area contributed by atoms with Crippen molar-refractivity contribution >= 4 is 11.9 Å². The normalized spacial score (nSPS) is 13.4. The van der Waals surface area contributed by atoms with Gasteiger partial charge in [-0.2, -0.15) is 0 Å². The van der Waals surface area contributed by atoms with Crippen LogP contribution in [-0.4, -0.2) is 22.2 Å². The van der Waals surface area contributed by atoms with Crippen LogP contribution < -0.4 is 0 Å². The Morgan fingerprint density at radius 1 is 0.579 bits per heavy atom. The second kappa shape index (κ2) is 12.9. The van der Waals surface area contributed by atoms with Gasteiger partial charge in [-0.3, -0.25) is 0 Å². The summed E-state index contributed by atoms with van der Waals surface area (Å²) in [6.07, 6.45) is 3.62. The Morgan fingerprint density at radius 3 is 1.58 bits per heavy atom. The number of hydrogen-bond donors (Lipinski definition) is 2. The maximum absolute atomic E-state index is 11.4. The SMILES string of the molecule is CC(CC(CC(CCc1ccc(C(=O)O)cc1)c1ccc(C(=O)O)cc1)c1ccccc1)c1ccccc1. The number of benzene rings is 4. The van der Waals surface area contributed by atoms with E-state index in [-0.39, 0.29) is 17.0 Å². The van der Waals surface area contributed by atoms with Gasteiger partial charge in [0.05, 0.1) is 11.1 Å². The molecule has 0 fully saturated rings. The van der Waals surface area contributed by atoms with Crippen LogP contribution in [0.15, 0.2) is 109 Å². The first-order valence-corrected chi connectivity index (χ1v) is 13.2. The predicted molar refractivity (Wildman–Crippen MR) is 151 cm³/mol. The molecule has 0 aliphatic heterocycles. The van der Waals surface area contributed by atoms with Crippen LogP contribution in [0.3, 0.4) is 0 Å². The van der Waals surface area contributed by atoms with Gasteiger partial charge < -0.3 is 10.2 Å². The Labute approximate surface area is 224 Å². The molecule has 4 nitrogen and oxygen atoms in total. The highest BCUT2D eigenvalue weighted by Crippen LogP contribution is 2.39. The van der Waals surface area contributed by atoms with Crippen molar-refractivity contribution in [2.75, 3.05) is 0 Å².